The number of hydrogen-bond acceptors (Lipinski definition) is 3. The van der Waals surface area contributed by atoms with Crippen LogP contribution in [0, 0.1) is 5.92 Å². The van der Waals surface area contributed by atoms with Crippen LogP contribution in [0.5, 0.6) is 0 Å². The molecule has 4 heteroatoms. The van der Waals surface area contributed by atoms with E-state index in [1.807, 2.05) is 36.4 Å². The van der Waals surface area contributed by atoms with Crippen molar-refractivity contribution >= 4 is 28.4 Å². The first kappa shape index (κ1) is 18.4. The summed E-state index contributed by atoms with van der Waals surface area (Å²) in [6.45, 7) is 3.17. The van der Waals surface area contributed by atoms with Gasteiger partial charge in [0.05, 0.1) is 11.4 Å². The molecular formula is C18H24BrN3. The number of hydrogen-bond donors (Lipinski definition) is 1. The molecular weight excluding hydrogens is 338 g/mol. The Kier molecular flexibility index (Phi) is 7.85. The number of nitrogens with zero attached hydrogens (tertiary/aromatic N) is 2. The summed E-state index contributed by atoms with van der Waals surface area (Å²) in [7, 11) is 4.17. The molecule has 118 valence electrons. The zero-order valence-electron chi connectivity index (χ0n) is 13.4. The van der Waals surface area contributed by atoms with E-state index >= 15 is 0 Å². The van der Waals surface area contributed by atoms with E-state index in [9.17, 15) is 0 Å². The van der Waals surface area contributed by atoms with Crippen LogP contribution < -0.4 is 5.43 Å². The highest BCUT2D eigenvalue weighted by atomic mass is 79.9. The Morgan fingerprint density at radius 1 is 1.00 bits per heavy atom. The third-order valence-corrected chi connectivity index (χ3v) is 3.25. The van der Waals surface area contributed by atoms with Crippen molar-refractivity contribution in [3.63, 3.8) is 0 Å². The van der Waals surface area contributed by atoms with E-state index in [1.165, 1.54) is 0 Å². The smallest absolute Gasteiger partial charge is 0.0720 e. The van der Waals surface area contributed by atoms with Crippen molar-refractivity contribution in [3.05, 3.63) is 66.2 Å². The van der Waals surface area contributed by atoms with Crippen LogP contribution in [-0.2, 0) is 0 Å². The summed E-state index contributed by atoms with van der Waals surface area (Å²) < 4.78 is 0. The van der Waals surface area contributed by atoms with Gasteiger partial charge in [-0.3, -0.25) is 5.43 Å². The first-order valence-electron chi connectivity index (χ1n) is 7.25. The maximum atomic E-state index is 4.66. The van der Waals surface area contributed by atoms with Crippen molar-refractivity contribution in [2.45, 2.75) is 6.92 Å². The largest absolute Gasteiger partial charge is 0.309 e. The molecule has 0 saturated carbocycles. The lowest BCUT2D eigenvalue weighted by atomic mass is 9.98. The average molecular weight is 362 g/mol. The number of benzene rings is 2. The van der Waals surface area contributed by atoms with Crippen LogP contribution in [0.1, 0.15) is 12.5 Å². The summed E-state index contributed by atoms with van der Waals surface area (Å²) in [4.78, 5) is 2.19. The Balaban J connectivity index is 0.00000242. The highest BCUT2D eigenvalue weighted by molar-refractivity contribution is 8.93. The Bertz CT molecular complexity index is 567. The van der Waals surface area contributed by atoms with Gasteiger partial charge in [-0.15, -0.1) is 17.0 Å². The zero-order valence-corrected chi connectivity index (χ0v) is 15.1. The molecule has 1 atom stereocenters. The first-order valence-corrected chi connectivity index (χ1v) is 7.25. The van der Waals surface area contributed by atoms with E-state index in [2.05, 4.69) is 60.7 Å². The van der Waals surface area contributed by atoms with E-state index in [4.69, 9.17) is 0 Å². The van der Waals surface area contributed by atoms with Crippen LogP contribution >= 0.6 is 17.0 Å². The van der Waals surface area contributed by atoms with E-state index < -0.39 is 0 Å². The lowest BCUT2D eigenvalue weighted by molar-refractivity contribution is 0.380. The minimum Gasteiger partial charge on any atom is -0.309 e. The number of halogens is 1. The van der Waals surface area contributed by atoms with Gasteiger partial charge in [0.2, 0.25) is 0 Å². The minimum atomic E-state index is 0. The number of anilines is 1. The molecule has 0 radical (unpaired) electrons. The molecule has 0 bridgehead atoms. The third-order valence-electron chi connectivity index (χ3n) is 3.25. The van der Waals surface area contributed by atoms with E-state index in [-0.39, 0.29) is 17.0 Å². The summed E-state index contributed by atoms with van der Waals surface area (Å²) in [5.41, 5.74) is 6.41. The van der Waals surface area contributed by atoms with Gasteiger partial charge in [-0.25, -0.2) is 0 Å². The third kappa shape index (κ3) is 5.62. The Hall–Kier alpha value is -1.65. The maximum absolute atomic E-state index is 4.66. The van der Waals surface area contributed by atoms with Crippen LogP contribution in [0.4, 0.5) is 5.69 Å². The molecule has 0 aliphatic heterocycles. The second-order valence-corrected chi connectivity index (χ2v) is 5.50. The monoisotopic (exact) mass is 361 g/mol. The number of nitrogens with one attached hydrogen (secondary N) is 1. The minimum absolute atomic E-state index is 0. The van der Waals surface area contributed by atoms with Gasteiger partial charge in [0.25, 0.3) is 0 Å². The van der Waals surface area contributed by atoms with Crippen molar-refractivity contribution < 1.29 is 0 Å². The predicted octanol–water partition coefficient (Wildman–Crippen LogP) is 4.28. The second-order valence-electron chi connectivity index (χ2n) is 5.50. The SMILES string of the molecule is Br.CC(CN(C)C)/C(=N\Nc1ccccc1)c1ccccc1. The summed E-state index contributed by atoms with van der Waals surface area (Å²) in [5.74, 6) is 0.346. The van der Waals surface area contributed by atoms with Gasteiger partial charge in [-0.2, -0.15) is 5.10 Å². The van der Waals surface area contributed by atoms with Crippen LogP contribution in [0.2, 0.25) is 0 Å². The molecule has 2 rings (SSSR count). The van der Waals surface area contributed by atoms with Gasteiger partial charge >= 0.3 is 0 Å². The van der Waals surface area contributed by atoms with Gasteiger partial charge in [0.15, 0.2) is 0 Å². The molecule has 0 heterocycles. The fourth-order valence-electron chi connectivity index (χ4n) is 2.34. The van der Waals surface area contributed by atoms with Gasteiger partial charge in [-0.1, -0.05) is 55.5 Å². The normalized spacial score (nSPS) is 12.6. The van der Waals surface area contributed by atoms with Crippen molar-refractivity contribution in [1.29, 1.82) is 0 Å². The molecule has 0 saturated heterocycles. The first-order chi connectivity index (χ1) is 10.2. The van der Waals surface area contributed by atoms with Crippen LogP contribution in [0.3, 0.4) is 0 Å². The van der Waals surface area contributed by atoms with Crippen molar-refractivity contribution in [2.75, 3.05) is 26.1 Å². The summed E-state index contributed by atoms with van der Waals surface area (Å²) in [6.07, 6.45) is 0. The Morgan fingerprint density at radius 2 is 1.55 bits per heavy atom. The fourth-order valence-corrected chi connectivity index (χ4v) is 2.34. The molecule has 22 heavy (non-hydrogen) atoms. The zero-order chi connectivity index (χ0) is 15.1. The van der Waals surface area contributed by atoms with E-state index in [0.29, 0.717) is 5.92 Å². The topological polar surface area (TPSA) is 27.6 Å². The highest BCUT2D eigenvalue weighted by Gasteiger charge is 2.14. The molecule has 0 aliphatic carbocycles. The van der Waals surface area contributed by atoms with E-state index in [0.717, 1.165) is 23.5 Å². The van der Waals surface area contributed by atoms with Gasteiger partial charge in [0, 0.05) is 12.5 Å². The highest BCUT2D eigenvalue weighted by Crippen LogP contribution is 2.13. The quantitative estimate of drug-likeness (QED) is 0.614. The maximum Gasteiger partial charge on any atom is 0.0720 e. The average Bonchev–Trinajstić information content (AvgIpc) is 2.49. The van der Waals surface area contributed by atoms with Gasteiger partial charge in [0.1, 0.15) is 0 Å². The van der Waals surface area contributed by atoms with Crippen molar-refractivity contribution in [2.24, 2.45) is 11.0 Å². The summed E-state index contributed by atoms with van der Waals surface area (Å²) in [6, 6.07) is 20.4. The number of para-hydroxylation sites is 1. The molecule has 0 spiro atoms. The molecule has 0 aromatic heterocycles. The molecule has 3 nitrogen and oxygen atoms in total. The Labute approximate surface area is 143 Å². The second kappa shape index (κ2) is 9.38. The van der Waals surface area contributed by atoms with Crippen molar-refractivity contribution in [1.82, 2.24) is 4.90 Å². The fraction of sp³-hybridized carbons (Fsp3) is 0.278. The number of rotatable bonds is 6. The van der Waals surface area contributed by atoms with Crippen LogP contribution in [0.25, 0.3) is 0 Å². The molecule has 1 N–H and O–H groups in total. The van der Waals surface area contributed by atoms with Gasteiger partial charge in [-0.05, 0) is 31.8 Å². The molecule has 2 aromatic carbocycles. The lowest BCUT2D eigenvalue weighted by Crippen LogP contribution is -2.27. The molecule has 1 unspecified atom stereocenters. The Morgan fingerprint density at radius 3 is 2.09 bits per heavy atom. The lowest BCUT2D eigenvalue weighted by Gasteiger charge is -2.19. The molecule has 0 amide bonds. The summed E-state index contributed by atoms with van der Waals surface area (Å²) >= 11 is 0. The number of hydrazone groups is 1. The molecule has 0 fully saturated rings. The van der Waals surface area contributed by atoms with Crippen LogP contribution in [-0.4, -0.2) is 31.3 Å². The standard InChI is InChI=1S/C18H23N3.BrH/c1-15(14-21(2)3)18(16-10-6-4-7-11-16)20-19-17-12-8-5-9-13-17;/h4-13,15,19H,14H2,1-3H3;1H/b20-18+;. The van der Waals surface area contributed by atoms with Crippen LogP contribution in [0.15, 0.2) is 65.8 Å². The summed E-state index contributed by atoms with van der Waals surface area (Å²) in [5, 5.41) is 4.66. The van der Waals surface area contributed by atoms with Gasteiger partial charge < -0.3 is 4.90 Å². The molecule has 0 aliphatic rings. The molecule has 2 aromatic rings. The predicted molar refractivity (Wildman–Crippen MR) is 101 cm³/mol. The van der Waals surface area contributed by atoms with Crippen molar-refractivity contribution in [3.8, 4) is 0 Å². The van der Waals surface area contributed by atoms with E-state index in [1.54, 1.807) is 0 Å².